The molecule has 88 valence electrons. The number of carbonyl (C=O) groups is 1. The van der Waals surface area contributed by atoms with Gasteiger partial charge in [-0.2, -0.15) is 0 Å². The molecule has 0 aromatic carbocycles. The first-order valence-corrected chi connectivity index (χ1v) is 5.49. The maximum atomic E-state index is 11.6. The normalized spacial score (nSPS) is 10.2. The van der Waals surface area contributed by atoms with E-state index >= 15 is 0 Å². The van der Waals surface area contributed by atoms with Crippen LogP contribution in [0, 0.1) is 0 Å². The second-order valence-corrected chi connectivity index (χ2v) is 3.61. The number of aromatic nitrogens is 2. The molecule has 0 aliphatic rings. The minimum atomic E-state index is -0.303. The van der Waals surface area contributed by atoms with Crippen LogP contribution in [0.25, 0.3) is 0 Å². The molecular weight excluding hydrogens is 230 g/mol. The number of carbonyl (C=O) groups excluding carboxylic acids is 1. The van der Waals surface area contributed by atoms with Gasteiger partial charge < -0.3 is 5.32 Å². The monoisotopic (exact) mass is 243 g/mol. The minimum absolute atomic E-state index is 0.0139. The maximum absolute atomic E-state index is 11.6. The van der Waals surface area contributed by atoms with Crippen LogP contribution in [0.1, 0.15) is 19.7 Å². The number of amides is 1. The highest BCUT2D eigenvalue weighted by Gasteiger charge is 2.09. The summed E-state index contributed by atoms with van der Waals surface area (Å²) in [7, 11) is 0. The summed E-state index contributed by atoms with van der Waals surface area (Å²) >= 11 is 5.67. The second kappa shape index (κ2) is 5.65. The Hall–Kier alpha value is -1.36. The molecule has 1 N–H and O–H groups in total. The van der Waals surface area contributed by atoms with E-state index in [1.54, 1.807) is 0 Å². The fourth-order valence-electron chi connectivity index (χ4n) is 1.36. The van der Waals surface area contributed by atoms with Gasteiger partial charge in [-0.1, -0.05) is 18.5 Å². The molecule has 0 unspecified atom stereocenters. The van der Waals surface area contributed by atoms with Gasteiger partial charge in [-0.05, 0) is 6.92 Å². The topological polar surface area (TPSA) is 64.0 Å². The molecule has 1 aromatic rings. The highest BCUT2D eigenvalue weighted by atomic mass is 35.5. The van der Waals surface area contributed by atoms with Gasteiger partial charge in [0.15, 0.2) is 0 Å². The summed E-state index contributed by atoms with van der Waals surface area (Å²) in [5.74, 6) is 0.312. The van der Waals surface area contributed by atoms with Crippen LogP contribution in [0.3, 0.4) is 0 Å². The molecular formula is C10H14ClN3O2. The zero-order valence-electron chi connectivity index (χ0n) is 9.29. The molecule has 6 heteroatoms. The van der Waals surface area contributed by atoms with Gasteiger partial charge in [0.2, 0.25) is 5.91 Å². The van der Waals surface area contributed by atoms with Crippen molar-refractivity contribution < 1.29 is 4.79 Å². The third kappa shape index (κ3) is 3.06. The summed E-state index contributed by atoms with van der Waals surface area (Å²) < 4.78 is 1.33. The van der Waals surface area contributed by atoms with Crippen molar-refractivity contribution in [3.8, 4) is 0 Å². The predicted octanol–water partition coefficient (Wildman–Crippen LogP) is 0.595. The largest absolute Gasteiger partial charge is 0.355 e. The number of hydrogen-bond donors (Lipinski definition) is 1. The van der Waals surface area contributed by atoms with Crippen LogP contribution in [0.5, 0.6) is 0 Å². The molecule has 0 fully saturated rings. The molecule has 0 radical (unpaired) electrons. The van der Waals surface area contributed by atoms with Crippen LogP contribution in [-0.4, -0.2) is 22.0 Å². The molecule has 0 saturated carbocycles. The van der Waals surface area contributed by atoms with Crippen molar-refractivity contribution >= 4 is 17.5 Å². The van der Waals surface area contributed by atoms with E-state index in [9.17, 15) is 9.59 Å². The number of rotatable bonds is 4. The fourth-order valence-corrected chi connectivity index (χ4v) is 1.55. The SMILES string of the molecule is CCNC(=O)Cn1c(CC)nc(Cl)cc1=O. The van der Waals surface area contributed by atoms with E-state index in [1.165, 1.54) is 10.6 Å². The van der Waals surface area contributed by atoms with Gasteiger partial charge in [-0.25, -0.2) is 4.98 Å². The molecule has 16 heavy (non-hydrogen) atoms. The Morgan fingerprint density at radius 2 is 2.25 bits per heavy atom. The van der Waals surface area contributed by atoms with Crippen molar-refractivity contribution in [1.29, 1.82) is 0 Å². The van der Waals surface area contributed by atoms with Crippen LogP contribution >= 0.6 is 11.6 Å². The molecule has 1 aromatic heterocycles. The summed E-state index contributed by atoms with van der Waals surface area (Å²) in [5, 5.41) is 2.79. The molecule has 0 saturated heterocycles. The zero-order valence-corrected chi connectivity index (χ0v) is 10.0. The first-order chi connectivity index (χ1) is 7.58. The number of halogens is 1. The van der Waals surface area contributed by atoms with Gasteiger partial charge in [0.1, 0.15) is 17.5 Å². The fraction of sp³-hybridized carbons (Fsp3) is 0.500. The van der Waals surface area contributed by atoms with Crippen LogP contribution in [0.4, 0.5) is 0 Å². The lowest BCUT2D eigenvalue weighted by atomic mass is 10.4. The van der Waals surface area contributed by atoms with E-state index in [0.717, 1.165) is 0 Å². The number of nitrogens with zero attached hydrogens (tertiary/aromatic N) is 2. The van der Waals surface area contributed by atoms with E-state index in [2.05, 4.69) is 10.3 Å². The molecule has 5 nitrogen and oxygen atoms in total. The first-order valence-electron chi connectivity index (χ1n) is 5.11. The van der Waals surface area contributed by atoms with Gasteiger partial charge in [-0.3, -0.25) is 14.2 Å². The van der Waals surface area contributed by atoms with Crippen molar-refractivity contribution in [2.45, 2.75) is 26.8 Å². The van der Waals surface area contributed by atoms with E-state index < -0.39 is 0 Å². The molecule has 0 aliphatic carbocycles. The van der Waals surface area contributed by atoms with Crippen molar-refractivity contribution in [3.05, 3.63) is 27.4 Å². The first kappa shape index (κ1) is 12.7. The predicted molar refractivity (Wildman–Crippen MR) is 61.6 cm³/mol. The number of aryl methyl sites for hydroxylation is 1. The smallest absolute Gasteiger partial charge is 0.255 e. The number of nitrogens with one attached hydrogen (secondary N) is 1. The van der Waals surface area contributed by atoms with Crippen LogP contribution in [0.2, 0.25) is 5.15 Å². The Labute approximate surface area is 98.4 Å². The van der Waals surface area contributed by atoms with Crippen LogP contribution < -0.4 is 10.9 Å². The lowest BCUT2D eigenvalue weighted by molar-refractivity contribution is -0.121. The van der Waals surface area contributed by atoms with Gasteiger partial charge in [0.05, 0.1) is 0 Å². The number of likely N-dealkylation sites (N-methyl/N-ethyl adjacent to an activating group) is 1. The third-order valence-corrected chi connectivity index (χ3v) is 2.24. The van der Waals surface area contributed by atoms with Gasteiger partial charge in [0, 0.05) is 19.0 Å². The summed E-state index contributed by atoms with van der Waals surface area (Å²) in [5.41, 5.74) is -0.303. The van der Waals surface area contributed by atoms with Crippen molar-refractivity contribution in [2.75, 3.05) is 6.54 Å². The minimum Gasteiger partial charge on any atom is -0.355 e. The lowest BCUT2D eigenvalue weighted by Gasteiger charge is -2.10. The Balaban J connectivity index is 3.03. The molecule has 1 amide bonds. The van der Waals surface area contributed by atoms with Gasteiger partial charge >= 0.3 is 0 Å². The van der Waals surface area contributed by atoms with E-state index in [-0.39, 0.29) is 23.2 Å². The van der Waals surface area contributed by atoms with Crippen molar-refractivity contribution in [1.82, 2.24) is 14.9 Å². The molecule has 0 spiro atoms. The maximum Gasteiger partial charge on any atom is 0.255 e. The van der Waals surface area contributed by atoms with Crippen molar-refractivity contribution in [2.24, 2.45) is 0 Å². The molecule has 0 atom stereocenters. The quantitative estimate of drug-likeness (QED) is 0.788. The summed E-state index contributed by atoms with van der Waals surface area (Å²) in [6.07, 6.45) is 0.551. The molecule has 0 bridgehead atoms. The second-order valence-electron chi connectivity index (χ2n) is 3.23. The Kier molecular flexibility index (Phi) is 4.49. The standard InChI is InChI=1S/C10H14ClN3O2/c1-3-8-13-7(11)5-10(16)14(8)6-9(15)12-4-2/h5H,3-4,6H2,1-2H3,(H,12,15). The zero-order chi connectivity index (χ0) is 12.1. The third-order valence-electron chi connectivity index (χ3n) is 2.05. The highest BCUT2D eigenvalue weighted by Crippen LogP contribution is 2.02. The summed E-state index contributed by atoms with van der Waals surface area (Å²) in [6, 6.07) is 1.21. The Morgan fingerprint density at radius 3 is 2.81 bits per heavy atom. The van der Waals surface area contributed by atoms with E-state index in [1.807, 2.05) is 13.8 Å². The Bertz CT molecular complexity index is 442. The average molecular weight is 244 g/mol. The summed E-state index contributed by atoms with van der Waals surface area (Å²) in [6.45, 7) is 4.20. The lowest BCUT2D eigenvalue weighted by Crippen LogP contribution is -2.34. The van der Waals surface area contributed by atoms with E-state index in [0.29, 0.717) is 18.8 Å². The van der Waals surface area contributed by atoms with E-state index in [4.69, 9.17) is 11.6 Å². The van der Waals surface area contributed by atoms with Crippen LogP contribution in [0.15, 0.2) is 10.9 Å². The average Bonchev–Trinajstić information content (AvgIpc) is 2.22. The Morgan fingerprint density at radius 1 is 1.56 bits per heavy atom. The highest BCUT2D eigenvalue weighted by molar-refractivity contribution is 6.29. The van der Waals surface area contributed by atoms with Crippen LogP contribution in [-0.2, 0) is 17.8 Å². The molecule has 1 rings (SSSR count). The van der Waals surface area contributed by atoms with Gasteiger partial charge in [0.25, 0.3) is 5.56 Å². The molecule has 1 heterocycles. The van der Waals surface area contributed by atoms with Crippen molar-refractivity contribution in [3.63, 3.8) is 0 Å². The number of hydrogen-bond acceptors (Lipinski definition) is 3. The molecule has 0 aliphatic heterocycles. The van der Waals surface area contributed by atoms with Gasteiger partial charge in [-0.15, -0.1) is 0 Å². The summed E-state index contributed by atoms with van der Waals surface area (Å²) in [4.78, 5) is 27.0.